The lowest BCUT2D eigenvalue weighted by Gasteiger charge is -2.33. The van der Waals surface area contributed by atoms with E-state index in [1.165, 1.54) is 4.90 Å². The van der Waals surface area contributed by atoms with E-state index in [1.54, 1.807) is 54.3 Å². The minimum atomic E-state index is -0.636. The van der Waals surface area contributed by atoms with Gasteiger partial charge in [-0.2, -0.15) is 5.10 Å². The first kappa shape index (κ1) is 29.5. The number of amides is 3. The third-order valence-corrected chi connectivity index (χ3v) is 7.15. The van der Waals surface area contributed by atoms with Crippen molar-refractivity contribution < 1.29 is 19.1 Å². The van der Waals surface area contributed by atoms with Crippen LogP contribution in [0.15, 0.2) is 30.6 Å². The van der Waals surface area contributed by atoms with E-state index in [0.717, 1.165) is 19.3 Å². The number of hydrogen-bond acceptors (Lipinski definition) is 5. The molecule has 0 spiro atoms. The zero-order valence-corrected chi connectivity index (χ0v) is 23.9. The predicted octanol–water partition coefficient (Wildman–Crippen LogP) is 4.21. The third-order valence-electron chi connectivity index (χ3n) is 6.91. The number of nitrogens with zero attached hydrogens (tertiary/aromatic N) is 5. The first-order valence-electron chi connectivity index (χ1n) is 13.4. The molecule has 208 valence electrons. The van der Waals surface area contributed by atoms with Crippen molar-refractivity contribution in [1.82, 2.24) is 24.5 Å². The van der Waals surface area contributed by atoms with E-state index >= 15 is 0 Å². The Labute approximate surface area is 230 Å². The van der Waals surface area contributed by atoms with Crippen LogP contribution in [0.3, 0.4) is 0 Å². The maximum Gasteiger partial charge on any atom is 0.258 e. The van der Waals surface area contributed by atoms with Gasteiger partial charge in [0.2, 0.25) is 5.91 Å². The van der Waals surface area contributed by atoms with E-state index in [4.69, 9.17) is 16.3 Å². The number of fused-ring (bicyclic) bond motifs is 1. The quantitative estimate of drug-likeness (QED) is 0.576. The third kappa shape index (κ3) is 7.28. The second-order valence-corrected chi connectivity index (χ2v) is 10.6. The van der Waals surface area contributed by atoms with Crippen LogP contribution >= 0.6 is 11.6 Å². The molecule has 1 aliphatic heterocycles. The van der Waals surface area contributed by atoms with Crippen molar-refractivity contribution in [1.29, 1.82) is 0 Å². The molecule has 1 aliphatic rings. The standard InChI is InChI=1S/C28H40ClN5O4/c1-6-34-19-21(18-30-34)26(35)33-14-8-7-13-31(4)28(37)25(20(2)3)32(5)27(36)23-17-22(29)11-12-24(23)38-16-10-9-15-33/h11-12,17-20,25H,6-10,13-16H2,1-5H3/t25-/m0/s1. The fourth-order valence-corrected chi connectivity index (χ4v) is 4.90. The molecule has 1 atom stereocenters. The maximum absolute atomic E-state index is 13.5. The Morgan fingerprint density at radius 2 is 1.79 bits per heavy atom. The van der Waals surface area contributed by atoms with Crippen molar-refractivity contribution in [2.45, 2.75) is 59.0 Å². The first-order chi connectivity index (χ1) is 18.1. The Hall–Kier alpha value is -3.07. The summed E-state index contributed by atoms with van der Waals surface area (Å²) in [5.41, 5.74) is 0.906. The summed E-state index contributed by atoms with van der Waals surface area (Å²) in [5.74, 6) is -0.137. The highest BCUT2D eigenvalue weighted by atomic mass is 35.5. The fourth-order valence-electron chi connectivity index (χ4n) is 4.73. The molecular formula is C28H40ClN5O4. The van der Waals surface area contributed by atoms with E-state index in [9.17, 15) is 14.4 Å². The van der Waals surface area contributed by atoms with E-state index in [0.29, 0.717) is 61.1 Å². The molecule has 2 heterocycles. The lowest BCUT2D eigenvalue weighted by atomic mass is 10.00. The first-order valence-corrected chi connectivity index (χ1v) is 13.8. The maximum atomic E-state index is 13.5. The Morgan fingerprint density at radius 3 is 2.45 bits per heavy atom. The molecule has 0 unspecified atom stereocenters. The van der Waals surface area contributed by atoms with Gasteiger partial charge in [-0.25, -0.2) is 0 Å². The number of benzene rings is 1. The normalized spacial score (nSPS) is 18.8. The van der Waals surface area contributed by atoms with Gasteiger partial charge in [-0.15, -0.1) is 0 Å². The highest BCUT2D eigenvalue weighted by Crippen LogP contribution is 2.26. The number of aromatic nitrogens is 2. The molecule has 0 radical (unpaired) electrons. The van der Waals surface area contributed by atoms with Crippen LogP contribution in [0.5, 0.6) is 5.75 Å². The predicted molar refractivity (Wildman–Crippen MR) is 148 cm³/mol. The summed E-state index contributed by atoms with van der Waals surface area (Å²) >= 11 is 6.23. The van der Waals surface area contributed by atoms with Crippen LogP contribution in [-0.4, -0.2) is 88.6 Å². The van der Waals surface area contributed by atoms with Crippen molar-refractivity contribution in [2.24, 2.45) is 5.92 Å². The molecule has 0 saturated carbocycles. The van der Waals surface area contributed by atoms with Crippen LogP contribution in [0.4, 0.5) is 0 Å². The van der Waals surface area contributed by atoms with Crippen molar-refractivity contribution in [3.8, 4) is 5.75 Å². The summed E-state index contributed by atoms with van der Waals surface area (Å²) < 4.78 is 7.75. The molecule has 1 aromatic heterocycles. The summed E-state index contributed by atoms with van der Waals surface area (Å²) in [6.07, 6.45) is 6.35. The number of halogens is 1. The summed E-state index contributed by atoms with van der Waals surface area (Å²) in [4.78, 5) is 45.3. The Balaban J connectivity index is 1.85. The Morgan fingerprint density at radius 1 is 1.11 bits per heavy atom. The summed E-state index contributed by atoms with van der Waals surface area (Å²) in [6, 6.07) is 4.33. The van der Waals surface area contributed by atoms with Gasteiger partial charge in [0.25, 0.3) is 11.8 Å². The summed E-state index contributed by atoms with van der Waals surface area (Å²) in [6.45, 7) is 8.64. The average molecular weight is 546 g/mol. The van der Waals surface area contributed by atoms with Crippen LogP contribution in [0, 0.1) is 5.92 Å². The fraction of sp³-hybridized carbons (Fsp3) is 0.571. The second kappa shape index (κ2) is 13.6. The van der Waals surface area contributed by atoms with Gasteiger partial charge >= 0.3 is 0 Å². The Bertz CT molecular complexity index is 1120. The largest absolute Gasteiger partial charge is 0.493 e. The molecule has 0 fully saturated rings. The van der Waals surface area contributed by atoms with Gasteiger partial charge in [0.05, 0.1) is 23.9 Å². The van der Waals surface area contributed by atoms with Crippen molar-refractivity contribution in [3.63, 3.8) is 0 Å². The topological polar surface area (TPSA) is 88.0 Å². The van der Waals surface area contributed by atoms with Gasteiger partial charge < -0.3 is 19.4 Å². The van der Waals surface area contributed by atoms with E-state index in [2.05, 4.69) is 5.10 Å². The molecule has 0 bridgehead atoms. The smallest absolute Gasteiger partial charge is 0.258 e. The van der Waals surface area contributed by atoms with Crippen molar-refractivity contribution >= 4 is 29.3 Å². The lowest BCUT2D eigenvalue weighted by Crippen LogP contribution is -2.51. The molecule has 2 aromatic rings. The molecule has 3 rings (SSSR count). The number of likely N-dealkylation sites (N-methyl/N-ethyl adjacent to an activating group) is 2. The molecule has 0 aliphatic carbocycles. The molecule has 1 aromatic carbocycles. The number of carbonyl (C=O) groups is 3. The molecule has 38 heavy (non-hydrogen) atoms. The molecule has 0 N–H and O–H groups in total. The van der Waals surface area contributed by atoms with Crippen LogP contribution in [0.1, 0.15) is 67.2 Å². The Kier molecular flexibility index (Phi) is 10.6. The van der Waals surface area contributed by atoms with Crippen LogP contribution in [-0.2, 0) is 11.3 Å². The second-order valence-electron chi connectivity index (χ2n) is 10.1. The number of aryl methyl sites for hydroxylation is 1. The van der Waals surface area contributed by atoms with Crippen LogP contribution < -0.4 is 4.74 Å². The zero-order valence-electron chi connectivity index (χ0n) is 23.2. The van der Waals surface area contributed by atoms with Gasteiger partial charge in [-0.3, -0.25) is 19.1 Å². The monoisotopic (exact) mass is 545 g/mol. The van der Waals surface area contributed by atoms with Gasteiger partial charge in [-0.1, -0.05) is 25.4 Å². The van der Waals surface area contributed by atoms with Crippen molar-refractivity contribution in [2.75, 3.05) is 40.3 Å². The van der Waals surface area contributed by atoms with Gasteiger partial charge in [0.15, 0.2) is 0 Å². The highest BCUT2D eigenvalue weighted by Gasteiger charge is 2.33. The summed E-state index contributed by atoms with van der Waals surface area (Å²) in [5, 5.41) is 4.67. The summed E-state index contributed by atoms with van der Waals surface area (Å²) in [7, 11) is 3.42. The lowest BCUT2D eigenvalue weighted by molar-refractivity contribution is -0.136. The molecular weight excluding hydrogens is 506 g/mol. The average Bonchev–Trinajstić information content (AvgIpc) is 3.38. The number of carbonyl (C=O) groups excluding carboxylic acids is 3. The van der Waals surface area contributed by atoms with Gasteiger partial charge in [0.1, 0.15) is 11.8 Å². The van der Waals surface area contributed by atoms with Crippen LogP contribution in [0.25, 0.3) is 0 Å². The van der Waals surface area contributed by atoms with E-state index in [-0.39, 0.29) is 23.6 Å². The van der Waals surface area contributed by atoms with E-state index in [1.807, 2.05) is 25.7 Å². The minimum absolute atomic E-state index is 0.0416. The number of rotatable bonds is 3. The molecule has 9 nitrogen and oxygen atoms in total. The molecule has 0 saturated heterocycles. The van der Waals surface area contributed by atoms with E-state index < -0.39 is 6.04 Å². The molecule has 3 amide bonds. The van der Waals surface area contributed by atoms with Gasteiger partial charge in [0, 0.05) is 51.5 Å². The zero-order chi connectivity index (χ0) is 27.8. The van der Waals surface area contributed by atoms with Crippen molar-refractivity contribution in [3.05, 3.63) is 46.7 Å². The highest BCUT2D eigenvalue weighted by molar-refractivity contribution is 6.31. The SMILES string of the molecule is CCn1cc(C(=O)N2CCCCOc3ccc(Cl)cc3C(=O)N(C)[C@@H](C(C)C)C(=O)N(C)CCCC2)cn1. The minimum Gasteiger partial charge on any atom is -0.493 e. The number of hydrogen-bond donors (Lipinski definition) is 0. The van der Waals surface area contributed by atoms with Gasteiger partial charge in [-0.05, 0) is 56.7 Å². The van der Waals surface area contributed by atoms with Crippen LogP contribution in [0.2, 0.25) is 5.02 Å². The number of ether oxygens (including phenoxy) is 1. The molecule has 10 heteroatoms.